The number of hydrogen-bond donors (Lipinski definition) is 2. The van der Waals surface area contributed by atoms with Crippen molar-refractivity contribution in [2.24, 2.45) is 0 Å². The fraction of sp³-hybridized carbons (Fsp3) is 0.381. The van der Waals surface area contributed by atoms with Crippen molar-refractivity contribution in [3.63, 3.8) is 0 Å². The van der Waals surface area contributed by atoms with Crippen LogP contribution in [0.2, 0.25) is 10.0 Å². The maximum absolute atomic E-state index is 10.5. The number of aromatic nitrogens is 2. The molecule has 2 aromatic carbocycles. The van der Waals surface area contributed by atoms with Gasteiger partial charge in [-0.25, -0.2) is 9.13 Å². The number of benzene rings is 2. The second-order valence-electron chi connectivity index (χ2n) is 6.86. The Morgan fingerprint density at radius 2 is 1.96 bits per heavy atom. The predicted molar refractivity (Wildman–Crippen MR) is 114 cm³/mol. The van der Waals surface area contributed by atoms with Gasteiger partial charge in [-0.1, -0.05) is 55.1 Å². The van der Waals surface area contributed by atoms with E-state index in [2.05, 4.69) is 17.6 Å². The molecule has 0 radical (unpaired) electrons. The number of nitrogens with zero attached hydrogens (tertiary/aromatic N) is 2. The number of para-hydroxylation sites is 2. The maximum atomic E-state index is 10.5. The summed E-state index contributed by atoms with van der Waals surface area (Å²) >= 11 is 12.0. The number of aliphatic hydroxyl groups is 1. The van der Waals surface area contributed by atoms with Crippen LogP contribution in [0.4, 0.5) is 5.95 Å². The van der Waals surface area contributed by atoms with E-state index in [9.17, 15) is 5.11 Å². The monoisotopic (exact) mass is 422 g/mol. The molecule has 3 aromatic rings. The summed E-state index contributed by atoms with van der Waals surface area (Å²) < 4.78 is 9.73. The molecule has 0 amide bonds. The van der Waals surface area contributed by atoms with Crippen LogP contribution in [0.25, 0.3) is 11.0 Å². The van der Waals surface area contributed by atoms with Crippen LogP contribution in [0.3, 0.4) is 0 Å². The highest BCUT2D eigenvalue weighted by Gasteiger charge is 2.22. The number of ether oxygens (including phenoxy) is 1. The van der Waals surface area contributed by atoms with E-state index in [1.165, 1.54) is 0 Å². The molecule has 0 aliphatic carbocycles. The number of unbranched alkanes of at least 4 members (excludes halogenated alkanes) is 2. The first-order chi connectivity index (χ1) is 13.5. The summed E-state index contributed by atoms with van der Waals surface area (Å²) in [5.41, 5.74) is 8.51. The number of fused-ring (bicyclic) bond motifs is 1. The van der Waals surface area contributed by atoms with Crippen LogP contribution in [0, 0.1) is 0 Å². The van der Waals surface area contributed by atoms with Crippen molar-refractivity contribution < 1.29 is 14.4 Å². The van der Waals surface area contributed by atoms with E-state index >= 15 is 0 Å². The summed E-state index contributed by atoms with van der Waals surface area (Å²) in [7, 11) is 0. The van der Waals surface area contributed by atoms with Gasteiger partial charge in [0.1, 0.15) is 36.0 Å². The van der Waals surface area contributed by atoms with Gasteiger partial charge in [-0.2, -0.15) is 0 Å². The molecule has 5 nitrogen and oxygen atoms in total. The van der Waals surface area contributed by atoms with Crippen LogP contribution in [0.1, 0.15) is 26.2 Å². The maximum Gasteiger partial charge on any atom is 0.356 e. The van der Waals surface area contributed by atoms with E-state index in [4.69, 9.17) is 33.7 Å². The number of imidazole rings is 1. The van der Waals surface area contributed by atoms with Crippen LogP contribution in [-0.2, 0) is 13.1 Å². The van der Waals surface area contributed by atoms with E-state index in [-0.39, 0.29) is 6.61 Å². The molecule has 1 aromatic heterocycles. The summed E-state index contributed by atoms with van der Waals surface area (Å²) in [6.07, 6.45) is 2.64. The lowest BCUT2D eigenvalue weighted by atomic mass is 10.2. The molecule has 0 bridgehead atoms. The van der Waals surface area contributed by atoms with Gasteiger partial charge in [0.15, 0.2) is 0 Å². The van der Waals surface area contributed by atoms with E-state index in [1.807, 2.05) is 22.8 Å². The molecule has 0 saturated carbocycles. The van der Waals surface area contributed by atoms with Crippen LogP contribution in [0.5, 0.6) is 5.75 Å². The largest absolute Gasteiger partial charge is 0.489 e. The van der Waals surface area contributed by atoms with Gasteiger partial charge in [-0.05, 0) is 36.8 Å². The van der Waals surface area contributed by atoms with E-state index in [1.54, 1.807) is 18.2 Å². The number of hydrogen-bond acceptors (Lipinski definition) is 3. The Morgan fingerprint density at radius 3 is 2.71 bits per heavy atom. The molecule has 3 N–H and O–H groups in total. The van der Waals surface area contributed by atoms with Crippen LogP contribution in [-0.4, -0.2) is 22.4 Å². The molecule has 0 saturated heterocycles. The molecule has 0 aliphatic heterocycles. The van der Waals surface area contributed by atoms with Gasteiger partial charge in [0.25, 0.3) is 0 Å². The van der Waals surface area contributed by atoms with E-state index in [0.29, 0.717) is 28.3 Å². The van der Waals surface area contributed by atoms with Gasteiger partial charge in [0, 0.05) is 5.02 Å². The molecule has 0 aliphatic rings. The number of anilines is 1. The number of rotatable bonds is 9. The summed E-state index contributed by atoms with van der Waals surface area (Å²) in [5, 5.41) is 11.5. The molecule has 0 unspecified atom stereocenters. The second kappa shape index (κ2) is 9.50. The molecule has 150 valence electrons. The van der Waals surface area contributed by atoms with Crippen molar-refractivity contribution in [1.82, 2.24) is 4.57 Å². The topological polar surface area (TPSA) is 64.3 Å². The number of aliphatic hydroxyl groups excluding tert-OH is 1. The Labute approximate surface area is 175 Å². The molecular weight excluding hydrogens is 397 g/mol. The van der Waals surface area contributed by atoms with Crippen molar-refractivity contribution in [1.29, 1.82) is 0 Å². The fourth-order valence-corrected chi connectivity index (χ4v) is 3.76. The highest BCUT2D eigenvalue weighted by Crippen LogP contribution is 2.27. The minimum atomic E-state index is -0.742. The average Bonchev–Trinajstić information content (AvgIpc) is 2.93. The lowest BCUT2D eigenvalue weighted by Crippen LogP contribution is -2.43. The third kappa shape index (κ3) is 4.72. The van der Waals surface area contributed by atoms with Gasteiger partial charge in [0.2, 0.25) is 0 Å². The standard InChI is InChI=1S/C21H25Cl2N3O2/c1-2-3-6-11-25-18-7-4-5-8-19(18)26(21(25)24)13-16(27)14-28-20-10-9-15(22)12-17(20)23/h4-5,7-10,12,16,24,27H,2-3,6,11,13-14H2,1H3/p+1/t16-/m0/s1. The van der Waals surface area contributed by atoms with Crippen molar-refractivity contribution in [3.05, 3.63) is 52.5 Å². The third-order valence-electron chi connectivity index (χ3n) is 4.72. The fourth-order valence-electron chi connectivity index (χ4n) is 3.30. The summed E-state index contributed by atoms with van der Waals surface area (Å²) in [6, 6.07) is 13.1. The third-order valence-corrected chi connectivity index (χ3v) is 5.25. The van der Waals surface area contributed by atoms with Gasteiger partial charge >= 0.3 is 5.95 Å². The number of nitrogen functional groups attached to an aromatic ring is 1. The molecule has 3 rings (SSSR count). The Bertz CT molecular complexity index is 943. The molecule has 0 spiro atoms. The SMILES string of the molecule is CCCCCn1c(N)[n+](C[C@H](O)COc2ccc(Cl)cc2Cl)c2ccccc21. The second-order valence-corrected chi connectivity index (χ2v) is 7.70. The Kier molecular flexibility index (Phi) is 7.05. The Hall–Kier alpha value is -1.95. The smallest absolute Gasteiger partial charge is 0.356 e. The van der Waals surface area contributed by atoms with Crippen LogP contribution >= 0.6 is 23.2 Å². The molecular formula is C21H26Cl2N3O2+. The highest BCUT2D eigenvalue weighted by atomic mass is 35.5. The highest BCUT2D eigenvalue weighted by molar-refractivity contribution is 6.35. The summed E-state index contributed by atoms with van der Waals surface area (Å²) in [4.78, 5) is 0. The minimum Gasteiger partial charge on any atom is -0.489 e. The Balaban J connectivity index is 1.74. The lowest BCUT2D eigenvalue weighted by molar-refractivity contribution is -0.665. The Morgan fingerprint density at radius 1 is 1.18 bits per heavy atom. The molecule has 0 fully saturated rings. The van der Waals surface area contributed by atoms with Crippen molar-refractivity contribution in [3.8, 4) is 5.75 Å². The molecule has 28 heavy (non-hydrogen) atoms. The van der Waals surface area contributed by atoms with Crippen LogP contribution in [0.15, 0.2) is 42.5 Å². The average molecular weight is 423 g/mol. The van der Waals surface area contributed by atoms with Gasteiger partial charge in [-0.15, -0.1) is 0 Å². The molecule has 1 heterocycles. The predicted octanol–water partition coefficient (Wildman–Crippen LogP) is 4.45. The molecule has 1 atom stereocenters. The van der Waals surface area contributed by atoms with Gasteiger partial charge in [-0.3, -0.25) is 5.73 Å². The minimum absolute atomic E-state index is 0.100. The van der Waals surface area contributed by atoms with E-state index in [0.717, 1.165) is 36.8 Å². The van der Waals surface area contributed by atoms with Crippen molar-refractivity contribution in [2.45, 2.75) is 45.4 Å². The quantitative estimate of drug-likeness (QED) is 0.395. The van der Waals surface area contributed by atoms with E-state index < -0.39 is 6.10 Å². The first-order valence-electron chi connectivity index (χ1n) is 9.53. The zero-order chi connectivity index (χ0) is 20.1. The zero-order valence-corrected chi connectivity index (χ0v) is 17.5. The van der Waals surface area contributed by atoms with Crippen molar-refractivity contribution >= 4 is 40.2 Å². The summed E-state index contributed by atoms with van der Waals surface area (Å²) in [6.45, 7) is 3.47. The number of halogens is 2. The zero-order valence-electron chi connectivity index (χ0n) is 15.9. The first kappa shape index (κ1) is 20.8. The van der Waals surface area contributed by atoms with Crippen LogP contribution < -0.4 is 15.0 Å². The van der Waals surface area contributed by atoms with Gasteiger partial charge < -0.3 is 9.84 Å². The van der Waals surface area contributed by atoms with Gasteiger partial charge in [0.05, 0.1) is 11.6 Å². The first-order valence-corrected chi connectivity index (χ1v) is 10.3. The summed E-state index contributed by atoms with van der Waals surface area (Å²) in [5.74, 6) is 1.13. The number of aryl methyl sites for hydroxylation is 1. The normalized spacial score (nSPS) is 12.4. The van der Waals surface area contributed by atoms with Crippen molar-refractivity contribution in [2.75, 3.05) is 12.3 Å². The lowest BCUT2D eigenvalue weighted by Gasteiger charge is -2.13. The molecule has 7 heteroatoms. The number of nitrogens with two attached hydrogens (primary N) is 1.